The smallest absolute Gasteiger partial charge is 0.296 e. The first-order chi connectivity index (χ1) is 20.4. The number of halogens is 1. The number of phenolic OH excluding ortho intramolecular Hbond substituents is 1. The maximum absolute atomic E-state index is 12.2. The maximum Gasteiger partial charge on any atom is 0.296 e. The molecule has 234 valence electrons. The van der Waals surface area contributed by atoms with E-state index in [2.05, 4.69) is 35.8 Å². The number of hydrogen-bond donors (Lipinski definition) is 8. The molecule has 0 saturated carbocycles. The zero-order valence-electron chi connectivity index (χ0n) is 21.5. The first-order valence-electron chi connectivity index (χ1n) is 11.5. The number of fused-ring (bicyclic) bond motifs is 1. The van der Waals surface area contributed by atoms with Crippen LogP contribution >= 0.6 is 11.6 Å². The molecule has 3 aromatic carbocycles. The summed E-state index contributed by atoms with van der Waals surface area (Å²) >= 11 is 5.87. The second-order valence-corrected chi connectivity index (χ2v) is 13.1. The molecule has 0 aliphatic rings. The molecule has 44 heavy (non-hydrogen) atoms. The molecule has 0 saturated heterocycles. The molecular weight excluding hydrogens is 672 g/mol. The lowest BCUT2D eigenvalue weighted by molar-refractivity contribution is 0.310. The second-order valence-electron chi connectivity index (χ2n) is 8.51. The lowest BCUT2D eigenvalue weighted by Crippen LogP contribution is -2.10. The standard InChI is InChI=1S/C21H19ClN8O11S3/c22-19-26-20(24-3-4-31)28-21(27-19)25-10-1-2-12(14(7-10)43(36,37)38)29-30-18-16-9(6-15(17(18)23)44(39,40)41)5-11(8-13(16)32)42(33,34)35/h1-2,5-8,31-32H,3-4,23H2,(H,33,34,35)(H,36,37,38)(H,39,40,41)(H2,24,25,26,27,28). The average molecular weight is 691 g/mol. The molecule has 4 aromatic rings. The number of aliphatic hydroxyl groups excluding tert-OH is 1. The quantitative estimate of drug-likeness (QED) is 0.0671. The van der Waals surface area contributed by atoms with Gasteiger partial charge < -0.3 is 26.6 Å². The molecule has 0 spiro atoms. The van der Waals surface area contributed by atoms with E-state index in [1.807, 2.05) is 0 Å². The van der Waals surface area contributed by atoms with Crippen LogP contribution in [0.3, 0.4) is 0 Å². The largest absolute Gasteiger partial charge is 0.507 e. The van der Waals surface area contributed by atoms with E-state index in [1.54, 1.807) is 0 Å². The molecular formula is C21H19ClN8O11S3. The summed E-state index contributed by atoms with van der Waals surface area (Å²) in [5.74, 6) is -1.05. The number of aromatic hydroxyl groups is 1. The molecule has 0 amide bonds. The summed E-state index contributed by atoms with van der Waals surface area (Å²) in [6.45, 7) is -0.161. The van der Waals surface area contributed by atoms with Gasteiger partial charge in [-0.1, -0.05) is 0 Å². The monoisotopic (exact) mass is 690 g/mol. The van der Waals surface area contributed by atoms with Crippen molar-refractivity contribution >= 4 is 87.4 Å². The zero-order valence-corrected chi connectivity index (χ0v) is 24.7. The fourth-order valence-electron chi connectivity index (χ4n) is 3.70. The van der Waals surface area contributed by atoms with Gasteiger partial charge in [-0.2, -0.15) is 40.2 Å². The molecule has 19 nitrogen and oxygen atoms in total. The molecule has 0 atom stereocenters. The van der Waals surface area contributed by atoms with Crippen LogP contribution in [-0.4, -0.2) is 77.2 Å². The van der Waals surface area contributed by atoms with E-state index < -0.39 is 73.2 Å². The van der Waals surface area contributed by atoms with Gasteiger partial charge in [-0.15, -0.1) is 10.2 Å². The molecule has 0 bridgehead atoms. The van der Waals surface area contributed by atoms with Crippen molar-refractivity contribution in [2.75, 3.05) is 29.5 Å². The van der Waals surface area contributed by atoms with Crippen molar-refractivity contribution in [3.05, 3.63) is 41.7 Å². The Hall–Kier alpha value is -4.29. The fraction of sp³-hybridized carbons (Fsp3) is 0.0952. The zero-order chi connectivity index (χ0) is 32.6. The van der Waals surface area contributed by atoms with Gasteiger partial charge in [0.05, 0.1) is 22.6 Å². The van der Waals surface area contributed by atoms with E-state index in [-0.39, 0.29) is 41.4 Å². The highest BCUT2D eigenvalue weighted by molar-refractivity contribution is 7.86. The van der Waals surface area contributed by atoms with Gasteiger partial charge in [0.1, 0.15) is 26.9 Å². The van der Waals surface area contributed by atoms with Crippen molar-refractivity contribution in [2.45, 2.75) is 14.7 Å². The van der Waals surface area contributed by atoms with Gasteiger partial charge in [-0.05, 0) is 47.3 Å². The van der Waals surface area contributed by atoms with Crippen molar-refractivity contribution in [1.82, 2.24) is 15.0 Å². The molecule has 0 unspecified atom stereocenters. The van der Waals surface area contributed by atoms with E-state index >= 15 is 0 Å². The Morgan fingerprint density at radius 1 is 0.841 bits per heavy atom. The molecule has 1 heterocycles. The Balaban J connectivity index is 1.85. The van der Waals surface area contributed by atoms with Gasteiger partial charge in [0.2, 0.25) is 17.2 Å². The lowest BCUT2D eigenvalue weighted by Gasteiger charge is -2.12. The Morgan fingerprint density at radius 3 is 2.11 bits per heavy atom. The summed E-state index contributed by atoms with van der Waals surface area (Å²) in [7, 11) is -15.0. The van der Waals surface area contributed by atoms with E-state index in [4.69, 9.17) is 22.4 Å². The van der Waals surface area contributed by atoms with Gasteiger partial charge in [-0.25, -0.2) is 0 Å². The molecule has 4 rings (SSSR count). The van der Waals surface area contributed by atoms with Crippen LogP contribution in [0, 0.1) is 0 Å². The predicted molar refractivity (Wildman–Crippen MR) is 154 cm³/mol. The fourth-order valence-corrected chi connectivity index (χ4v) is 5.69. The van der Waals surface area contributed by atoms with Crippen LogP contribution in [-0.2, 0) is 30.4 Å². The van der Waals surface area contributed by atoms with Gasteiger partial charge >= 0.3 is 0 Å². The summed E-state index contributed by atoms with van der Waals surface area (Å²) in [4.78, 5) is 8.98. The Bertz CT molecular complexity index is 2160. The third kappa shape index (κ3) is 7.25. The van der Waals surface area contributed by atoms with Crippen LogP contribution in [0.25, 0.3) is 10.8 Å². The molecule has 0 radical (unpaired) electrons. The van der Waals surface area contributed by atoms with Gasteiger partial charge in [0, 0.05) is 18.3 Å². The van der Waals surface area contributed by atoms with Crippen LogP contribution in [0.4, 0.5) is 34.6 Å². The number of azo groups is 1. The highest BCUT2D eigenvalue weighted by Crippen LogP contribution is 2.44. The third-order valence-corrected chi connectivity index (χ3v) is 8.27. The van der Waals surface area contributed by atoms with Gasteiger partial charge in [0.25, 0.3) is 30.4 Å². The summed E-state index contributed by atoms with van der Waals surface area (Å²) < 4.78 is 101. The minimum Gasteiger partial charge on any atom is -0.507 e. The number of nitrogens with zero attached hydrogens (tertiary/aromatic N) is 5. The number of rotatable bonds is 10. The molecule has 0 fully saturated rings. The minimum atomic E-state index is -5.08. The summed E-state index contributed by atoms with van der Waals surface area (Å²) in [5, 5.41) is 31.2. The van der Waals surface area contributed by atoms with E-state index in [1.165, 1.54) is 6.07 Å². The van der Waals surface area contributed by atoms with Crippen LogP contribution in [0.1, 0.15) is 0 Å². The van der Waals surface area contributed by atoms with Gasteiger partial charge in [0.15, 0.2) is 0 Å². The highest BCUT2D eigenvalue weighted by Gasteiger charge is 2.24. The summed E-state index contributed by atoms with van der Waals surface area (Å²) in [6.07, 6.45) is 0. The number of nitrogens with one attached hydrogen (secondary N) is 2. The predicted octanol–water partition coefficient (Wildman–Crippen LogP) is 2.27. The number of aliphatic hydroxyl groups is 1. The Labute approximate surface area is 252 Å². The second kappa shape index (κ2) is 12.0. The van der Waals surface area contributed by atoms with Crippen molar-refractivity contribution in [1.29, 1.82) is 0 Å². The number of phenols is 1. The Morgan fingerprint density at radius 2 is 1.50 bits per heavy atom. The molecule has 9 N–H and O–H groups in total. The maximum atomic E-state index is 12.2. The number of nitrogen functional groups attached to an aromatic ring is 1. The SMILES string of the molecule is Nc1c(S(=O)(=O)O)cc2cc(S(=O)(=O)O)cc(O)c2c1N=Nc1ccc(Nc2nc(Cl)nc(NCCO)n2)cc1S(=O)(=O)O. The first-order valence-corrected chi connectivity index (χ1v) is 16.2. The molecule has 0 aliphatic heterocycles. The number of aromatic nitrogens is 3. The van der Waals surface area contributed by atoms with Crippen molar-refractivity contribution in [2.24, 2.45) is 10.2 Å². The summed E-state index contributed by atoms with van der Waals surface area (Å²) in [5.41, 5.74) is 3.91. The van der Waals surface area contributed by atoms with Crippen LogP contribution < -0.4 is 16.4 Å². The number of benzene rings is 3. The van der Waals surface area contributed by atoms with Crippen molar-refractivity contribution < 1.29 is 49.1 Å². The highest BCUT2D eigenvalue weighted by atomic mass is 35.5. The molecule has 23 heteroatoms. The van der Waals surface area contributed by atoms with Crippen LogP contribution in [0.15, 0.2) is 61.3 Å². The van der Waals surface area contributed by atoms with Crippen molar-refractivity contribution in [3.8, 4) is 5.75 Å². The third-order valence-electron chi connectivity index (χ3n) is 5.50. The van der Waals surface area contributed by atoms with Crippen LogP contribution in [0.2, 0.25) is 5.28 Å². The molecule has 1 aromatic heterocycles. The number of hydrogen-bond acceptors (Lipinski definition) is 16. The first kappa shape index (κ1) is 32.6. The average Bonchev–Trinajstić information content (AvgIpc) is 2.89. The van der Waals surface area contributed by atoms with E-state index in [0.717, 1.165) is 18.2 Å². The summed E-state index contributed by atoms with van der Waals surface area (Å²) in [6, 6.07) is 5.24. The van der Waals surface area contributed by atoms with Crippen LogP contribution in [0.5, 0.6) is 5.75 Å². The minimum absolute atomic E-state index is 0.0133. The topological polar surface area (TPSA) is 317 Å². The molecule has 0 aliphatic carbocycles. The van der Waals surface area contributed by atoms with E-state index in [0.29, 0.717) is 12.1 Å². The van der Waals surface area contributed by atoms with Crippen molar-refractivity contribution in [3.63, 3.8) is 0 Å². The van der Waals surface area contributed by atoms with Gasteiger partial charge in [-0.3, -0.25) is 13.7 Å². The number of anilines is 4. The normalized spacial score (nSPS) is 12.6. The lowest BCUT2D eigenvalue weighted by atomic mass is 10.1. The van der Waals surface area contributed by atoms with E-state index in [9.17, 15) is 44.0 Å². The number of nitrogens with two attached hydrogens (primary N) is 1. The Kier molecular flexibility index (Phi) is 8.90.